The van der Waals surface area contributed by atoms with Crippen LogP contribution in [0.3, 0.4) is 0 Å². The van der Waals surface area contributed by atoms with Crippen molar-refractivity contribution in [3.05, 3.63) is 176 Å². The molecule has 0 aliphatic heterocycles. The summed E-state index contributed by atoms with van der Waals surface area (Å²) in [6.45, 7) is 0. The van der Waals surface area contributed by atoms with Crippen molar-refractivity contribution in [3.63, 3.8) is 0 Å². The second kappa shape index (κ2) is 12.1. The summed E-state index contributed by atoms with van der Waals surface area (Å²) in [6.07, 6.45) is 0. The molecule has 0 aliphatic rings. The average molecular weight is 692 g/mol. The minimum Gasteiger partial charge on any atom is -0.456 e. The predicted molar refractivity (Wildman–Crippen MR) is 219 cm³/mol. The monoisotopic (exact) mass is 691 g/mol. The lowest BCUT2D eigenvalue weighted by Gasteiger charge is -2.11. The molecule has 0 bridgehead atoms. The van der Waals surface area contributed by atoms with Gasteiger partial charge in [0.1, 0.15) is 22.3 Å². The first-order valence-electron chi connectivity index (χ1n) is 18.0. The molecule has 0 N–H and O–H groups in total. The quantitative estimate of drug-likeness (QED) is 0.180. The summed E-state index contributed by atoms with van der Waals surface area (Å²) in [5.41, 5.74) is 10.4. The highest BCUT2D eigenvalue weighted by Crippen LogP contribution is 2.42. The maximum atomic E-state index is 6.56. The van der Waals surface area contributed by atoms with Crippen LogP contribution in [0, 0.1) is 0 Å². The first-order chi connectivity index (χ1) is 26.7. The Morgan fingerprint density at radius 1 is 0.296 bits per heavy atom. The van der Waals surface area contributed by atoms with Crippen LogP contribution >= 0.6 is 0 Å². The summed E-state index contributed by atoms with van der Waals surface area (Å²) >= 11 is 0. The molecule has 3 aromatic heterocycles. The van der Waals surface area contributed by atoms with Crippen LogP contribution in [0.2, 0.25) is 0 Å². The first-order valence-corrected chi connectivity index (χ1v) is 18.0. The van der Waals surface area contributed by atoms with E-state index in [0.29, 0.717) is 17.5 Å². The van der Waals surface area contributed by atoms with Crippen molar-refractivity contribution in [1.82, 2.24) is 15.0 Å². The fourth-order valence-corrected chi connectivity index (χ4v) is 7.72. The molecule has 0 fully saturated rings. The van der Waals surface area contributed by atoms with E-state index in [-0.39, 0.29) is 0 Å². The maximum absolute atomic E-state index is 6.56. The van der Waals surface area contributed by atoms with Gasteiger partial charge in [-0.25, -0.2) is 15.0 Å². The summed E-state index contributed by atoms with van der Waals surface area (Å²) < 4.78 is 12.8. The molecule has 0 atom stereocenters. The van der Waals surface area contributed by atoms with Gasteiger partial charge in [-0.15, -0.1) is 0 Å². The fraction of sp³-hybridized carbons (Fsp3) is 0. The zero-order valence-corrected chi connectivity index (χ0v) is 28.9. The number of nitrogens with zero attached hydrogens (tertiary/aromatic N) is 3. The molecule has 3 heterocycles. The third kappa shape index (κ3) is 4.98. The first kappa shape index (κ1) is 30.3. The smallest absolute Gasteiger partial charge is 0.164 e. The molecule has 0 saturated heterocycles. The van der Waals surface area contributed by atoms with Crippen LogP contribution in [0.4, 0.5) is 0 Å². The number of para-hydroxylation sites is 1. The molecular formula is C49H29N3O2. The van der Waals surface area contributed by atoms with E-state index in [9.17, 15) is 0 Å². The number of aromatic nitrogens is 3. The standard InChI is InChI=1S/C49H29N3O2/c1-3-11-30(12-4-1)33-23-21-31-22-24-34(28-36(31)27-33)37-16-9-19-42-45(37)46-40(17-10-20-43(46)54-42)49-51-47(32-13-5-2-6-14-32)50-48(52-49)35-25-26-39-38-15-7-8-18-41(38)53-44(39)29-35/h1-29H. The summed E-state index contributed by atoms with van der Waals surface area (Å²) in [7, 11) is 0. The lowest BCUT2D eigenvalue weighted by molar-refractivity contribution is 0.668. The van der Waals surface area contributed by atoms with Crippen LogP contribution in [-0.2, 0) is 0 Å². The largest absolute Gasteiger partial charge is 0.456 e. The molecule has 5 heteroatoms. The highest BCUT2D eigenvalue weighted by molar-refractivity contribution is 6.18. The van der Waals surface area contributed by atoms with Crippen LogP contribution < -0.4 is 0 Å². The molecule has 5 nitrogen and oxygen atoms in total. The zero-order valence-electron chi connectivity index (χ0n) is 28.9. The molecule has 11 aromatic rings. The van der Waals surface area contributed by atoms with Gasteiger partial charge in [-0.05, 0) is 75.5 Å². The summed E-state index contributed by atoms with van der Waals surface area (Å²) in [5.74, 6) is 1.72. The van der Waals surface area contributed by atoms with Crippen molar-refractivity contribution in [3.8, 4) is 56.4 Å². The summed E-state index contributed by atoms with van der Waals surface area (Å²) in [5, 5.41) is 6.49. The van der Waals surface area contributed by atoms with Gasteiger partial charge >= 0.3 is 0 Å². The van der Waals surface area contributed by atoms with Crippen LogP contribution in [0.15, 0.2) is 185 Å². The topological polar surface area (TPSA) is 65.0 Å². The van der Waals surface area contributed by atoms with Crippen molar-refractivity contribution in [2.24, 2.45) is 0 Å². The van der Waals surface area contributed by atoms with E-state index in [4.69, 9.17) is 23.8 Å². The van der Waals surface area contributed by atoms with Gasteiger partial charge in [-0.2, -0.15) is 0 Å². The number of furan rings is 2. The van der Waals surface area contributed by atoms with Crippen molar-refractivity contribution in [2.45, 2.75) is 0 Å². The SMILES string of the molecule is c1ccc(-c2ccc3ccc(-c4cccc5oc6cccc(-c7nc(-c8ccccc8)nc(-c8ccc9c(c8)oc8ccccc89)n7)c6c45)cc3c2)cc1. The predicted octanol–water partition coefficient (Wildman–Crippen LogP) is 13.2. The summed E-state index contributed by atoms with van der Waals surface area (Å²) in [6, 6.07) is 60.6. The minimum absolute atomic E-state index is 0.565. The molecule has 0 unspecified atom stereocenters. The number of hydrogen-bond donors (Lipinski definition) is 0. The van der Waals surface area contributed by atoms with Crippen molar-refractivity contribution in [1.29, 1.82) is 0 Å². The van der Waals surface area contributed by atoms with Crippen LogP contribution in [0.5, 0.6) is 0 Å². The van der Waals surface area contributed by atoms with Gasteiger partial charge in [0.15, 0.2) is 17.5 Å². The van der Waals surface area contributed by atoms with Gasteiger partial charge < -0.3 is 8.83 Å². The van der Waals surface area contributed by atoms with E-state index in [1.165, 1.54) is 21.9 Å². The van der Waals surface area contributed by atoms with Gasteiger partial charge in [0, 0.05) is 38.2 Å². The Labute approximate surface area is 309 Å². The van der Waals surface area contributed by atoms with Crippen molar-refractivity contribution >= 4 is 54.6 Å². The molecular weight excluding hydrogens is 663 g/mol. The van der Waals surface area contributed by atoms with Gasteiger partial charge in [-0.3, -0.25) is 0 Å². The number of benzene rings is 8. The molecule has 0 saturated carbocycles. The van der Waals surface area contributed by atoms with E-state index in [1.807, 2.05) is 78.9 Å². The molecule has 11 rings (SSSR count). The van der Waals surface area contributed by atoms with Gasteiger partial charge in [0.2, 0.25) is 0 Å². The van der Waals surface area contributed by atoms with Crippen LogP contribution in [-0.4, -0.2) is 15.0 Å². The lowest BCUT2D eigenvalue weighted by Crippen LogP contribution is -2.00. The number of fused-ring (bicyclic) bond motifs is 7. The minimum atomic E-state index is 0.565. The van der Waals surface area contributed by atoms with Crippen LogP contribution in [0.1, 0.15) is 0 Å². The van der Waals surface area contributed by atoms with Crippen molar-refractivity contribution < 1.29 is 8.83 Å². The number of rotatable bonds is 5. The Kier molecular flexibility index (Phi) is 6.79. The average Bonchev–Trinajstić information content (AvgIpc) is 3.82. The van der Waals surface area contributed by atoms with E-state index < -0.39 is 0 Å². The molecule has 0 radical (unpaired) electrons. The Morgan fingerprint density at radius 3 is 1.65 bits per heavy atom. The Balaban J connectivity index is 1.12. The number of hydrogen-bond acceptors (Lipinski definition) is 5. The second-order valence-electron chi connectivity index (χ2n) is 13.6. The third-order valence-electron chi connectivity index (χ3n) is 10.3. The van der Waals surface area contributed by atoms with Gasteiger partial charge in [-0.1, -0.05) is 133 Å². The fourth-order valence-electron chi connectivity index (χ4n) is 7.72. The molecule has 8 aromatic carbocycles. The lowest BCUT2D eigenvalue weighted by atomic mass is 9.94. The highest BCUT2D eigenvalue weighted by Gasteiger charge is 2.21. The Hall–Kier alpha value is -7.37. The molecule has 54 heavy (non-hydrogen) atoms. The van der Waals surface area contributed by atoms with E-state index in [2.05, 4.69) is 97.1 Å². The molecule has 252 valence electrons. The van der Waals surface area contributed by atoms with E-state index in [0.717, 1.165) is 71.7 Å². The van der Waals surface area contributed by atoms with Gasteiger partial charge in [0.05, 0.1) is 0 Å². The maximum Gasteiger partial charge on any atom is 0.164 e. The molecule has 0 spiro atoms. The molecule has 0 amide bonds. The Morgan fingerprint density at radius 2 is 0.852 bits per heavy atom. The Bertz CT molecular complexity index is 3220. The third-order valence-corrected chi connectivity index (χ3v) is 10.3. The zero-order chi connectivity index (χ0) is 35.6. The normalized spacial score (nSPS) is 11.7. The van der Waals surface area contributed by atoms with Crippen LogP contribution in [0.25, 0.3) is 111 Å². The van der Waals surface area contributed by atoms with E-state index >= 15 is 0 Å². The molecule has 0 aliphatic carbocycles. The second-order valence-corrected chi connectivity index (χ2v) is 13.6. The van der Waals surface area contributed by atoms with Gasteiger partial charge in [0.25, 0.3) is 0 Å². The highest BCUT2D eigenvalue weighted by atomic mass is 16.3. The van der Waals surface area contributed by atoms with Crippen molar-refractivity contribution in [2.75, 3.05) is 0 Å². The van der Waals surface area contributed by atoms with E-state index in [1.54, 1.807) is 0 Å². The summed E-state index contributed by atoms with van der Waals surface area (Å²) in [4.78, 5) is 15.3.